The summed E-state index contributed by atoms with van der Waals surface area (Å²) in [7, 11) is 0. The Bertz CT molecular complexity index is 1370. The largest absolute Gasteiger partial charge is 0.460 e. The molecule has 0 aliphatic carbocycles. The lowest BCUT2D eigenvalue weighted by Gasteiger charge is -2.23. The van der Waals surface area contributed by atoms with E-state index in [2.05, 4.69) is 13.2 Å². The summed E-state index contributed by atoms with van der Waals surface area (Å²) in [4.78, 5) is 23.2. The Morgan fingerprint density at radius 1 is 0.254 bits per heavy atom. The molecule has 0 aromatic carbocycles. The fraction of sp³-hybridized carbons (Fsp3) is 0.887. The first-order valence-electron chi connectivity index (χ1n) is 25.7. The second-order valence-electron chi connectivity index (χ2n) is 19.4. The van der Waals surface area contributed by atoms with Crippen LogP contribution in [0.25, 0.3) is 0 Å². The topological polar surface area (TPSA) is 182 Å². The van der Waals surface area contributed by atoms with E-state index in [9.17, 15) is 9.59 Å². The van der Waals surface area contributed by atoms with Crippen molar-refractivity contribution in [3.05, 3.63) is 24.3 Å². The van der Waals surface area contributed by atoms with Crippen LogP contribution >= 0.6 is 0 Å². The van der Waals surface area contributed by atoms with Gasteiger partial charge in [0.25, 0.3) is 0 Å². The van der Waals surface area contributed by atoms with E-state index >= 15 is 0 Å². The first-order chi connectivity index (χ1) is 33.4. The second-order valence-corrected chi connectivity index (χ2v) is 19.4. The van der Waals surface area contributed by atoms with Crippen LogP contribution in [-0.2, 0) is 85.4 Å². The summed E-state index contributed by atoms with van der Waals surface area (Å²) in [6, 6.07) is 0. The van der Waals surface area contributed by atoms with Crippen LogP contribution in [0.15, 0.2) is 24.3 Å². The average molecular weight is 1030 g/mol. The summed E-state index contributed by atoms with van der Waals surface area (Å²) in [5, 5.41) is 0. The molecule has 0 rings (SSSR count). The number of hydrogen-bond donors (Lipinski definition) is 0. The van der Waals surface area contributed by atoms with E-state index in [1.165, 1.54) is 0 Å². The highest BCUT2D eigenvalue weighted by atomic mass is 16.6. The molecule has 0 saturated carbocycles. The molecule has 0 bridgehead atoms. The highest BCUT2D eigenvalue weighted by Crippen LogP contribution is 2.09. The molecule has 15 atom stereocenters. The number of carbonyl (C=O) groups is 2. The quantitative estimate of drug-likeness (QED) is 0.0437. The predicted molar refractivity (Wildman–Crippen MR) is 272 cm³/mol. The molecule has 0 heterocycles. The van der Waals surface area contributed by atoms with E-state index in [0.717, 1.165) is 0 Å². The Hall–Kier alpha value is -2.14. The summed E-state index contributed by atoms with van der Waals surface area (Å²) in [5.74, 6) is -0.853. The van der Waals surface area contributed by atoms with E-state index < -0.39 is 11.9 Å². The maximum atomic E-state index is 11.6. The molecule has 0 amide bonds. The molecular weight excluding hydrogens is 925 g/mol. The van der Waals surface area contributed by atoms with Gasteiger partial charge in [0, 0.05) is 11.1 Å². The minimum atomic E-state index is -0.427. The van der Waals surface area contributed by atoms with E-state index in [-0.39, 0.29) is 105 Å². The number of ether oxygens (including phenoxy) is 16. The number of esters is 2. The predicted octanol–water partition coefficient (Wildman–Crippen LogP) is 7.28. The van der Waals surface area contributed by atoms with Crippen molar-refractivity contribution in [3.8, 4) is 0 Å². The highest BCUT2D eigenvalue weighted by molar-refractivity contribution is 5.87. The SMILES string of the molecule is C=C(C)C(=O)OCC(C)OCC(C)OCC(C)OCC(C)OCC(C)OCC(C)OCC(C)OCC(C)OCC(C)OCC(C)OCC(C)OCC(C)OCC(C)OCC(C)OCC(C)OC(=O)C(=C)C. The zero-order valence-electron chi connectivity index (χ0n) is 47.0. The molecule has 0 saturated heterocycles. The van der Waals surface area contributed by atoms with Crippen LogP contribution in [0, 0.1) is 0 Å². The smallest absolute Gasteiger partial charge is 0.333 e. The van der Waals surface area contributed by atoms with Gasteiger partial charge in [0.2, 0.25) is 0 Å². The van der Waals surface area contributed by atoms with Crippen LogP contribution in [0.3, 0.4) is 0 Å². The fourth-order valence-corrected chi connectivity index (χ4v) is 5.50. The molecular formula is C53H100O18. The molecule has 0 aliphatic heterocycles. The molecule has 15 unspecified atom stereocenters. The zero-order chi connectivity index (χ0) is 53.9. The van der Waals surface area contributed by atoms with E-state index in [4.69, 9.17) is 75.8 Å². The van der Waals surface area contributed by atoms with E-state index in [1.807, 2.05) is 96.9 Å². The van der Waals surface area contributed by atoms with Crippen molar-refractivity contribution < 1.29 is 85.4 Å². The first-order valence-corrected chi connectivity index (χ1v) is 25.7. The summed E-state index contributed by atoms with van der Waals surface area (Å²) in [6.45, 7) is 45.3. The van der Waals surface area contributed by atoms with Crippen molar-refractivity contribution in [3.63, 3.8) is 0 Å². The van der Waals surface area contributed by atoms with Gasteiger partial charge in [-0.25, -0.2) is 9.59 Å². The Morgan fingerprint density at radius 3 is 0.549 bits per heavy atom. The van der Waals surface area contributed by atoms with Gasteiger partial charge in [0.05, 0.1) is 178 Å². The monoisotopic (exact) mass is 1020 g/mol. The van der Waals surface area contributed by atoms with E-state index in [0.29, 0.717) is 97.0 Å². The Labute approximate surface area is 428 Å². The molecule has 0 fully saturated rings. The van der Waals surface area contributed by atoms with Crippen molar-refractivity contribution in [2.75, 3.05) is 99.1 Å². The van der Waals surface area contributed by atoms with E-state index in [1.54, 1.807) is 20.8 Å². The standard InChI is InChI=1S/C53H100O18/c1-35(2)52(54)70-33-50(18)68-31-48(16)66-29-46(14)64-27-44(12)62-25-42(10)60-23-40(8)58-21-38(6)56-20-37(5)57-22-39(7)59-24-41(9)61-26-43(11)63-28-45(13)65-30-47(15)67-32-49(17)69-34-51(19)71-53(55)36(3)4/h37-51H,1,3,20-34H2,2,4-19H3. The maximum Gasteiger partial charge on any atom is 0.333 e. The highest BCUT2D eigenvalue weighted by Gasteiger charge is 2.19. The van der Waals surface area contributed by atoms with Gasteiger partial charge in [-0.1, -0.05) is 13.2 Å². The molecule has 0 N–H and O–H groups in total. The second kappa shape index (κ2) is 41.1. The van der Waals surface area contributed by atoms with Gasteiger partial charge in [0.15, 0.2) is 0 Å². The van der Waals surface area contributed by atoms with Gasteiger partial charge < -0.3 is 75.8 Å². The van der Waals surface area contributed by atoms with Crippen LogP contribution in [-0.4, -0.2) is 203 Å². The van der Waals surface area contributed by atoms with Crippen molar-refractivity contribution in [2.24, 2.45) is 0 Å². The van der Waals surface area contributed by atoms with Crippen molar-refractivity contribution in [1.29, 1.82) is 0 Å². The van der Waals surface area contributed by atoms with Crippen LogP contribution in [0.1, 0.15) is 118 Å². The molecule has 0 aliphatic rings. The van der Waals surface area contributed by atoms with Crippen LogP contribution in [0.2, 0.25) is 0 Å². The van der Waals surface area contributed by atoms with Gasteiger partial charge in [-0.15, -0.1) is 0 Å². The Kier molecular flexibility index (Phi) is 39.9. The number of hydrogen-bond acceptors (Lipinski definition) is 18. The van der Waals surface area contributed by atoms with Crippen LogP contribution < -0.4 is 0 Å². The third-order valence-electron chi connectivity index (χ3n) is 10.1. The maximum absolute atomic E-state index is 11.6. The Morgan fingerprint density at radius 2 is 0.394 bits per heavy atom. The third-order valence-corrected chi connectivity index (χ3v) is 10.1. The van der Waals surface area contributed by atoms with Gasteiger partial charge in [-0.2, -0.15) is 0 Å². The molecule has 420 valence electrons. The molecule has 0 radical (unpaired) electrons. The summed E-state index contributed by atoms with van der Waals surface area (Å²) in [5.41, 5.74) is 0.713. The lowest BCUT2D eigenvalue weighted by Crippen LogP contribution is -2.31. The van der Waals surface area contributed by atoms with Gasteiger partial charge >= 0.3 is 11.9 Å². The van der Waals surface area contributed by atoms with Crippen molar-refractivity contribution in [1.82, 2.24) is 0 Å². The van der Waals surface area contributed by atoms with Crippen molar-refractivity contribution in [2.45, 2.75) is 209 Å². The first kappa shape index (κ1) is 68.9. The summed E-state index contributed by atoms with van der Waals surface area (Å²) in [6.07, 6.45) is -2.29. The fourth-order valence-electron chi connectivity index (χ4n) is 5.50. The summed E-state index contributed by atoms with van der Waals surface area (Å²) >= 11 is 0. The number of rotatable bonds is 47. The molecule has 18 heteroatoms. The molecule has 0 aromatic heterocycles. The van der Waals surface area contributed by atoms with Crippen LogP contribution in [0.5, 0.6) is 0 Å². The van der Waals surface area contributed by atoms with Crippen molar-refractivity contribution >= 4 is 11.9 Å². The van der Waals surface area contributed by atoms with Crippen LogP contribution in [0.4, 0.5) is 0 Å². The lowest BCUT2D eigenvalue weighted by atomic mass is 10.3. The van der Waals surface area contributed by atoms with Gasteiger partial charge in [0.1, 0.15) is 12.7 Å². The Balaban J connectivity index is 4.03. The minimum absolute atomic E-state index is 0.120. The normalized spacial score (nSPS) is 18.4. The lowest BCUT2D eigenvalue weighted by molar-refractivity contribution is -0.148. The molecule has 18 nitrogen and oxygen atoms in total. The molecule has 71 heavy (non-hydrogen) atoms. The summed E-state index contributed by atoms with van der Waals surface area (Å²) < 4.78 is 93.1. The third kappa shape index (κ3) is 40.9. The van der Waals surface area contributed by atoms with Gasteiger partial charge in [-0.3, -0.25) is 0 Å². The average Bonchev–Trinajstić information content (AvgIpc) is 3.33. The minimum Gasteiger partial charge on any atom is -0.460 e. The number of carbonyl (C=O) groups excluding carboxylic acids is 2. The zero-order valence-corrected chi connectivity index (χ0v) is 47.0. The molecule has 0 spiro atoms. The van der Waals surface area contributed by atoms with Gasteiger partial charge in [-0.05, 0) is 118 Å². The molecule has 0 aromatic rings.